The molecule has 1 aliphatic carbocycles. The van der Waals surface area contributed by atoms with Crippen LogP contribution in [0.25, 0.3) is 0 Å². The van der Waals surface area contributed by atoms with Crippen LogP contribution in [0.15, 0.2) is 18.2 Å². The van der Waals surface area contributed by atoms with Crippen LogP contribution in [0.4, 0.5) is 5.69 Å². The van der Waals surface area contributed by atoms with E-state index in [-0.39, 0.29) is 0 Å². The number of unbranched alkanes of at least 4 members (excludes halogenated alkanes) is 1. The SMILES string of the molecule is CCCCN(c1ccc(CBr)c(C)c1)C1CC1. The molecule has 1 aliphatic rings. The van der Waals surface area contributed by atoms with Crippen LogP contribution in [0, 0.1) is 6.92 Å². The summed E-state index contributed by atoms with van der Waals surface area (Å²) in [5, 5.41) is 0.956. The number of hydrogen-bond donors (Lipinski definition) is 0. The number of benzene rings is 1. The first-order valence-corrected chi connectivity index (χ1v) is 7.80. The average Bonchev–Trinajstić information content (AvgIpc) is 3.14. The maximum atomic E-state index is 3.54. The van der Waals surface area contributed by atoms with Crippen molar-refractivity contribution in [3.8, 4) is 0 Å². The van der Waals surface area contributed by atoms with Gasteiger partial charge in [-0.05, 0) is 49.4 Å². The first-order valence-electron chi connectivity index (χ1n) is 6.68. The maximum absolute atomic E-state index is 3.54. The molecule has 0 N–H and O–H groups in total. The van der Waals surface area contributed by atoms with Crippen molar-refractivity contribution in [1.82, 2.24) is 0 Å². The summed E-state index contributed by atoms with van der Waals surface area (Å²) in [6.07, 6.45) is 5.34. The van der Waals surface area contributed by atoms with Crippen LogP contribution in [0.2, 0.25) is 0 Å². The predicted molar refractivity (Wildman–Crippen MR) is 79.1 cm³/mol. The molecular weight excluding hydrogens is 274 g/mol. The highest BCUT2D eigenvalue weighted by atomic mass is 79.9. The Bertz CT molecular complexity index is 371. The van der Waals surface area contributed by atoms with Crippen LogP contribution in [0.3, 0.4) is 0 Å². The van der Waals surface area contributed by atoms with Crippen molar-refractivity contribution >= 4 is 21.6 Å². The van der Waals surface area contributed by atoms with Gasteiger partial charge in [-0.2, -0.15) is 0 Å². The third-order valence-corrected chi connectivity index (χ3v) is 4.15. The summed E-state index contributed by atoms with van der Waals surface area (Å²) in [5.74, 6) is 0. The topological polar surface area (TPSA) is 3.24 Å². The third kappa shape index (κ3) is 3.25. The Balaban J connectivity index is 2.14. The molecule has 0 amide bonds. The Hall–Kier alpha value is -0.500. The van der Waals surface area contributed by atoms with E-state index < -0.39 is 0 Å². The summed E-state index contributed by atoms with van der Waals surface area (Å²) in [6, 6.07) is 7.72. The molecule has 1 fully saturated rings. The molecule has 0 bridgehead atoms. The molecule has 1 aromatic carbocycles. The zero-order valence-electron chi connectivity index (χ0n) is 10.9. The molecule has 1 nitrogen and oxygen atoms in total. The monoisotopic (exact) mass is 295 g/mol. The minimum absolute atomic E-state index is 0.816. The highest BCUT2D eigenvalue weighted by Gasteiger charge is 2.28. The number of nitrogens with zero attached hydrogens (tertiary/aromatic N) is 1. The van der Waals surface area contributed by atoms with Crippen LogP contribution in [-0.4, -0.2) is 12.6 Å². The fourth-order valence-electron chi connectivity index (χ4n) is 2.25. The van der Waals surface area contributed by atoms with E-state index in [1.54, 1.807) is 0 Å². The number of alkyl halides is 1. The Morgan fingerprint density at radius 1 is 1.35 bits per heavy atom. The lowest BCUT2D eigenvalue weighted by atomic mass is 10.1. The van der Waals surface area contributed by atoms with Gasteiger partial charge in [0.05, 0.1) is 0 Å². The molecule has 0 heterocycles. The van der Waals surface area contributed by atoms with Gasteiger partial charge in [0, 0.05) is 23.6 Å². The number of anilines is 1. The highest BCUT2D eigenvalue weighted by molar-refractivity contribution is 9.08. The van der Waals surface area contributed by atoms with Crippen molar-refractivity contribution < 1.29 is 0 Å². The van der Waals surface area contributed by atoms with Gasteiger partial charge in [0.2, 0.25) is 0 Å². The van der Waals surface area contributed by atoms with Crippen LogP contribution in [-0.2, 0) is 5.33 Å². The number of halogens is 1. The molecule has 17 heavy (non-hydrogen) atoms. The van der Waals surface area contributed by atoms with E-state index in [1.165, 1.54) is 49.0 Å². The number of hydrogen-bond acceptors (Lipinski definition) is 1. The fraction of sp³-hybridized carbons (Fsp3) is 0.600. The molecule has 0 atom stereocenters. The van der Waals surface area contributed by atoms with E-state index in [9.17, 15) is 0 Å². The zero-order valence-corrected chi connectivity index (χ0v) is 12.5. The van der Waals surface area contributed by atoms with Gasteiger partial charge >= 0.3 is 0 Å². The van der Waals surface area contributed by atoms with Crippen molar-refractivity contribution in [3.05, 3.63) is 29.3 Å². The van der Waals surface area contributed by atoms with Gasteiger partial charge in [-0.15, -0.1) is 0 Å². The number of rotatable bonds is 6. The van der Waals surface area contributed by atoms with E-state index in [1.807, 2.05) is 0 Å². The summed E-state index contributed by atoms with van der Waals surface area (Å²) in [7, 11) is 0. The smallest absolute Gasteiger partial charge is 0.0371 e. The molecule has 1 aromatic rings. The normalized spacial score (nSPS) is 15.0. The van der Waals surface area contributed by atoms with Crippen LogP contribution < -0.4 is 4.90 Å². The van der Waals surface area contributed by atoms with E-state index in [0.717, 1.165) is 11.4 Å². The molecule has 94 valence electrons. The minimum atomic E-state index is 0.816. The first kappa shape index (κ1) is 12.9. The lowest BCUT2D eigenvalue weighted by Crippen LogP contribution is -2.26. The largest absolute Gasteiger partial charge is 0.369 e. The highest BCUT2D eigenvalue weighted by Crippen LogP contribution is 2.33. The Labute approximate surface area is 113 Å². The van der Waals surface area contributed by atoms with Gasteiger partial charge in [-0.25, -0.2) is 0 Å². The lowest BCUT2D eigenvalue weighted by molar-refractivity contribution is 0.713. The Morgan fingerprint density at radius 3 is 2.65 bits per heavy atom. The second kappa shape index (κ2) is 5.90. The summed E-state index contributed by atoms with van der Waals surface area (Å²) in [6.45, 7) is 5.70. The van der Waals surface area contributed by atoms with Crippen molar-refractivity contribution in [2.45, 2.75) is 50.9 Å². The molecule has 0 unspecified atom stereocenters. The van der Waals surface area contributed by atoms with Crippen molar-refractivity contribution in [2.75, 3.05) is 11.4 Å². The van der Waals surface area contributed by atoms with E-state index in [0.29, 0.717) is 0 Å². The van der Waals surface area contributed by atoms with Gasteiger partial charge in [-0.1, -0.05) is 35.3 Å². The molecular formula is C15H22BrN. The van der Waals surface area contributed by atoms with Crippen molar-refractivity contribution in [2.24, 2.45) is 0 Å². The average molecular weight is 296 g/mol. The van der Waals surface area contributed by atoms with Crippen LogP contribution in [0.1, 0.15) is 43.7 Å². The van der Waals surface area contributed by atoms with Gasteiger partial charge in [0.1, 0.15) is 0 Å². The molecule has 2 heteroatoms. The van der Waals surface area contributed by atoms with Gasteiger partial charge in [-0.3, -0.25) is 0 Å². The molecule has 0 aromatic heterocycles. The summed E-state index contributed by atoms with van der Waals surface area (Å²) < 4.78 is 0. The van der Waals surface area contributed by atoms with Gasteiger partial charge < -0.3 is 4.90 Å². The second-order valence-electron chi connectivity index (χ2n) is 5.02. The minimum Gasteiger partial charge on any atom is -0.369 e. The molecule has 0 saturated heterocycles. The lowest BCUT2D eigenvalue weighted by Gasteiger charge is -2.25. The third-order valence-electron chi connectivity index (χ3n) is 3.54. The maximum Gasteiger partial charge on any atom is 0.0371 e. The van der Waals surface area contributed by atoms with Crippen molar-refractivity contribution in [1.29, 1.82) is 0 Å². The van der Waals surface area contributed by atoms with Gasteiger partial charge in [0.15, 0.2) is 0 Å². The van der Waals surface area contributed by atoms with Crippen LogP contribution >= 0.6 is 15.9 Å². The van der Waals surface area contributed by atoms with E-state index in [2.05, 4.69) is 52.9 Å². The van der Waals surface area contributed by atoms with Crippen molar-refractivity contribution in [3.63, 3.8) is 0 Å². The Kier molecular flexibility index (Phi) is 4.49. The fourth-order valence-corrected chi connectivity index (χ4v) is 2.87. The number of aryl methyl sites for hydroxylation is 1. The standard InChI is InChI=1S/C15H22BrN/c1-3-4-9-17(14-7-8-14)15-6-5-13(11-16)12(2)10-15/h5-6,10,14H,3-4,7-9,11H2,1-2H3. The summed E-state index contributed by atoms with van der Waals surface area (Å²) in [4.78, 5) is 2.61. The molecule has 1 saturated carbocycles. The zero-order chi connectivity index (χ0) is 12.3. The molecule has 0 spiro atoms. The molecule has 0 radical (unpaired) electrons. The first-order chi connectivity index (χ1) is 8.26. The van der Waals surface area contributed by atoms with E-state index >= 15 is 0 Å². The second-order valence-corrected chi connectivity index (χ2v) is 5.58. The van der Waals surface area contributed by atoms with E-state index in [4.69, 9.17) is 0 Å². The molecule has 2 rings (SSSR count). The van der Waals surface area contributed by atoms with Crippen LogP contribution in [0.5, 0.6) is 0 Å². The quantitative estimate of drug-likeness (QED) is 0.690. The Morgan fingerprint density at radius 2 is 2.12 bits per heavy atom. The predicted octanol–water partition coefficient (Wildman–Crippen LogP) is 4.66. The summed E-state index contributed by atoms with van der Waals surface area (Å²) >= 11 is 3.54. The molecule has 0 aliphatic heterocycles. The summed E-state index contributed by atoms with van der Waals surface area (Å²) in [5.41, 5.74) is 4.23. The van der Waals surface area contributed by atoms with Gasteiger partial charge in [0.25, 0.3) is 0 Å².